The van der Waals surface area contributed by atoms with Gasteiger partial charge in [0.15, 0.2) is 5.71 Å². The van der Waals surface area contributed by atoms with Gasteiger partial charge in [-0.2, -0.15) is 0 Å². The lowest BCUT2D eigenvalue weighted by Gasteiger charge is -2.16. The van der Waals surface area contributed by atoms with Crippen LogP contribution in [0.5, 0.6) is 0 Å². The van der Waals surface area contributed by atoms with Crippen LogP contribution in [0.15, 0.2) is 0 Å². The number of aliphatic hydroxyl groups excluding tert-OH is 1. The van der Waals surface area contributed by atoms with Gasteiger partial charge in [-0.3, -0.25) is 0 Å². The Morgan fingerprint density at radius 1 is 1.08 bits per heavy atom. The largest absolute Gasteiger partial charge is 0.393 e. The fourth-order valence-electron chi connectivity index (χ4n) is 2.28. The van der Waals surface area contributed by atoms with E-state index in [0.717, 1.165) is 25.9 Å². The maximum atomic E-state index is 9.33. The van der Waals surface area contributed by atoms with Crippen LogP contribution in [0.1, 0.15) is 38.5 Å². The maximum absolute atomic E-state index is 9.33. The van der Waals surface area contributed by atoms with E-state index in [1.807, 2.05) is 0 Å². The molecule has 0 amide bonds. The van der Waals surface area contributed by atoms with Gasteiger partial charge < -0.3 is 5.11 Å². The van der Waals surface area contributed by atoms with Crippen LogP contribution >= 0.6 is 0 Å². The van der Waals surface area contributed by atoms with Crippen molar-refractivity contribution >= 4 is 5.71 Å². The van der Waals surface area contributed by atoms with Gasteiger partial charge in [-0.05, 0) is 12.8 Å². The number of piperidine rings is 1. The van der Waals surface area contributed by atoms with Crippen molar-refractivity contribution in [3.63, 3.8) is 0 Å². The minimum Gasteiger partial charge on any atom is -0.393 e. The van der Waals surface area contributed by atoms with E-state index in [1.165, 1.54) is 25.7 Å². The lowest BCUT2D eigenvalue weighted by Crippen LogP contribution is -2.32. The molecule has 0 atom stereocenters. The van der Waals surface area contributed by atoms with Gasteiger partial charge in [-0.15, -0.1) is 0 Å². The highest BCUT2D eigenvalue weighted by Crippen LogP contribution is 2.17. The summed E-state index contributed by atoms with van der Waals surface area (Å²) in [6, 6.07) is 0. The number of hydrogen-bond acceptors (Lipinski definition) is 1. The second-order valence-electron chi connectivity index (χ2n) is 3.99. The molecule has 12 heavy (non-hydrogen) atoms. The molecule has 2 aliphatic rings. The molecule has 2 fully saturated rings. The normalized spacial score (nSPS) is 31.2. The summed E-state index contributed by atoms with van der Waals surface area (Å²) in [5.41, 5.74) is 1.65. The second kappa shape index (κ2) is 3.56. The first kappa shape index (κ1) is 8.24. The van der Waals surface area contributed by atoms with Crippen LogP contribution < -0.4 is 0 Å². The van der Waals surface area contributed by atoms with Crippen LogP contribution in [0.25, 0.3) is 0 Å². The molecule has 1 aliphatic heterocycles. The van der Waals surface area contributed by atoms with Gasteiger partial charge in [-0.25, -0.2) is 4.58 Å². The molecule has 1 saturated heterocycles. The van der Waals surface area contributed by atoms with Crippen molar-refractivity contribution in [2.45, 2.75) is 44.6 Å². The minimum absolute atomic E-state index is 0.0248. The average molecular weight is 168 g/mol. The Bertz CT molecular complexity index is 180. The quantitative estimate of drug-likeness (QED) is 0.539. The average Bonchev–Trinajstić information content (AvgIpc) is 2.58. The van der Waals surface area contributed by atoms with E-state index < -0.39 is 0 Å². The van der Waals surface area contributed by atoms with E-state index in [4.69, 9.17) is 0 Å². The maximum Gasteiger partial charge on any atom is 0.152 e. The summed E-state index contributed by atoms with van der Waals surface area (Å²) < 4.78 is 2.50. The fourth-order valence-corrected chi connectivity index (χ4v) is 2.28. The van der Waals surface area contributed by atoms with Gasteiger partial charge in [0.25, 0.3) is 0 Å². The molecule has 0 bridgehead atoms. The molecule has 1 heterocycles. The Hall–Kier alpha value is -0.370. The summed E-state index contributed by atoms with van der Waals surface area (Å²) in [5.74, 6) is 0. The third-order valence-corrected chi connectivity index (χ3v) is 3.09. The SMILES string of the molecule is OC1CC[N+](=C2CCCC2)CC1. The zero-order chi connectivity index (χ0) is 8.39. The Morgan fingerprint density at radius 3 is 2.25 bits per heavy atom. The molecule has 68 valence electrons. The van der Waals surface area contributed by atoms with Crippen LogP contribution in [-0.4, -0.2) is 34.6 Å². The Morgan fingerprint density at radius 2 is 1.67 bits per heavy atom. The third-order valence-electron chi connectivity index (χ3n) is 3.09. The summed E-state index contributed by atoms with van der Waals surface area (Å²) >= 11 is 0. The molecular weight excluding hydrogens is 150 g/mol. The smallest absolute Gasteiger partial charge is 0.152 e. The van der Waals surface area contributed by atoms with E-state index in [1.54, 1.807) is 5.71 Å². The first-order valence-electron chi connectivity index (χ1n) is 5.14. The van der Waals surface area contributed by atoms with Crippen molar-refractivity contribution < 1.29 is 9.68 Å². The van der Waals surface area contributed by atoms with Crippen molar-refractivity contribution in [2.75, 3.05) is 13.1 Å². The first-order chi connectivity index (χ1) is 5.86. The van der Waals surface area contributed by atoms with Crippen LogP contribution in [0.4, 0.5) is 0 Å². The summed E-state index contributed by atoms with van der Waals surface area (Å²) in [4.78, 5) is 0. The van der Waals surface area contributed by atoms with E-state index in [9.17, 15) is 5.11 Å². The highest BCUT2D eigenvalue weighted by atomic mass is 16.3. The number of hydrogen-bond donors (Lipinski definition) is 1. The number of nitrogens with zero attached hydrogens (tertiary/aromatic N) is 1. The second-order valence-corrected chi connectivity index (χ2v) is 3.99. The predicted octanol–water partition coefficient (Wildman–Crippen LogP) is 1.17. The third kappa shape index (κ3) is 1.69. The van der Waals surface area contributed by atoms with Gasteiger partial charge in [0.2, 0.25) is 0 Å². The van der Waals surface area contributed by atoms with Crippen LogP contribution in [0.3, 0.4) is 0 Å². The lowest BCUT2D eigenvalue weighted by molar-refractivity contribution is -0.543. The van der Waals surface area contributed by atoms with Gasteiger partial charge in [0.05, 0.1) is 6.10 Å². The zero-order valence-corrected chi connectivity index (χ0v) is 7.63. The Labute approximate surface area is 73.9 Å². The number of aliphatic hydroxyl groups is 1. The van der Waals surface area contributed by atoms with Crippen LogP contribution in [0, 0.1) is 0 Å². The molecule has 0 spiro atoms. The van der Waals surface area contributed by atoms with Crippen LogP contribution in [0.2, 0.25) is 0 Å². The molecule has 0 aromatic carbocycles. The standard InChI is InChI=1S/C10H18NO/c12-10-5-7-11(8-6-10)9-3-1-2-4-9/h10,12H,1-8H2/q+1. The van der Waals surface area contributed by atoms with Gasteiger partial charge in [0.1, 0.15) is 13.1 Å². The summed E-state index contributed by atoms with van der Waals surface area (Å²) in [5, 5.41) is 9.33. The molecule has 2 nitrogen and oxygen atoms in total. The monoisotopic (exact) mass is 168 g/mol. The van der Waals surface area contributed by atoms with E-state index >= 15 is 0 Å². The molecular formula is C10H18NO+. The minimum atomic E-state index is -0.0248. The molecule has 1 saturated carbocycles. The molecule has 1 N–H and O–H groups in total. The molecule has 0 radical (unpaired) electrons. The van der Waals surface area contributed by atoms with Crippen molar-refractivity contribution in [1.29, 1.82) is 0 Å². The molecule has 0 aromatic rings. The van der Waals surface area contributed by atoms with Crippen molar-refractivity contribution in [1.82, 2.24) is 0 Å². The van der Waals surface area contributed by atoms with Crippen molar-refractivity contribution in [3.05, 3.63) is 0 Å². The Kier molecular flexibility index (Phi) is 2.45. The first-order valence-corrected chi connectivity index (χ1v) is 5.14. The van der Waals surface area contributed by atoms with E-state index in [0.29, 0.717) is 0 Å². The molecule has 2 rings (SSSR count). The molecule has 0 unspecified atom stereocenters. The molecule has 1 aliphatic carbocycles. The summed E-state index contributed by atoms with van der Waals surface area (Å²) in [6.07, 6.45) is 7.32. The Balaban J connectivity index is 1.99. The summed E-state index contributed by atoms with van der Waals surface area (Å²) in [7, 11) is 0. The molecule has 2 heteroatoms. The number of rotatable bonds is 0. The van der Waals surface area contributed by atoms with Crippen molar-refractivity contribution in [2.24, 2.45) is 0 Å². The topological polar surface area (TPSA) is 23.2 Å². The molecule has 0 aromatic heterocycles. The highest BCUT2D eigenvalue weighted by Gasteiger charge is 2.24. The predicted molar refractivity (Wildman–Crippen MR) is 48.7 cm³/mol. The van der Waals surface area contributed by atoms with Gasteiger partial charge >= 0.3 is 0 Å². The highest BCUT2D eigenvalue weighted by molar-refractivity contribution is 5.81. The fraction of sp³-hybridized carbons (Fsp3) is 0.900. The summed E-state index contributed by atoms with van der Waals surface area (Å²) in [6.45, 7) is 2.19. The van der Waals surface area contributed by atoms with E-state index in [2.05, 4.69) is 4.58 Å². The lowest BCUT2D eigenvalue weighted by atomic mass is 10.1. The van der Waals surface area contributed by atoms with Gasteiger partial charge in [-0.1, -0.05) is 0 Å². The van der Waals surface area contributed by atoms with Crippen LogP contribution in [-0.2, 0) is 0 Å². The zero-order valence-electron chi connectivity index (χ0n) is 7.63. The van der Waals surface area contributed by atoms with E-state index in [-0.39, 0.29) is 6.10 Å². The van der Waals surface area contributed by atoms with Crippen molar-refractivity contribution in [3.8, 4) is 0 Å². The van der Waals surface area contributed by atoms with Gasteiger partial charge in [0, 0.05) is 25.7 Å².